The number of ether oxygens (including phenoxy) is 1. The molecule has 1 aliphatic carbocycles. The Labute approximate surface area is 157 Å². The largest absolute Gasteiger partial charge is 0.375 e. The smallest absolute Gasteiger partial charge is 0.227 e. The molecule has 1 spiro atoms. The van der Waals surface area contributed by atoms with Crippen LogP contribution in [-0.2, 0) is 16.0 Å². The van der Waals surface area contributed by atoms with Gasteiger partial charge in [-0.05, 0) is 63.6 Å². The number of rotatable bonds is 4. The highest BCUT2D eigenvalue weighted by Crippen LogP contribution is 2.42. The van der Waals surface area contributed by atoms with Crippen LogP contribution in [0.1, 0.15) is 50.5 Å². The second-order valence-electron chi connectivity index (χ2n) is 8.42. The molecule has 0 aromatic heterocycles. The zero-order chi connectivity index (χ0) is 18.0. The van der Waals surface area contributed by atoms with E-state index in [1.165, 1.54) is 38.8 Å². The first-order valence-electron chi connectivity index (χ1n) is 10.3. The van der Waals surface area contributed by atoms with Gasteiger partial charge in [0, 0.05) is 25.7 Å². The van der Waals surface area contributed by atoms with E-state index in [0.29, 0.717) is 18.5 Å². The van der Waals surface area contributed by atoms with Gasteiger partial charge in [0.2, 0.25) is 5.91 Å². The van der Waals surface area contributed by atoms with Gasteiger partial charge in [0.05, 0.1) is 12.0 Å². The normalized spacial score (nSPS) is 32.2. The fourth-order valence-electron chi connectivity index (χ4n) is 5.31. The number of likely N-dealkylation sites (N-methyl/N-ethyl adjacent to an activating group) is 1. The Hall–Kier alpha value is -1.39. The molecular formula is C22H32N2O2. The summed E-state index contributed by atoms with van der Waals surface area (Å²) in [5, 5.41) is 0. The number of nitrogens with zero attached hydrogens (tertiary/aromatic N) is 2. The zero-order valence-electron chi connectivity index (χ0n) is 16.0. The molecule has 2 saturated heterocycles. The van der Waals surface area contributed by atoms with Crippen molar-refractivity contribution in [3.8, 4) is 0 Å². The topological polar surface area (TPSA) is 32.8 Å². The minimum atomic E-state index is 0.0904. The van der Waals surface area contributed by atoms with Gasteiger partial charge in [0.25, 0.3) is 0 Å². The van der Waals surface area contributed by atoms with E-state index in [9.17, 15) is 4.79 Å². The number of hydrogen-bond donors (Lipinski definition) is 0. The maximum absolute atomic E-state index is 13.0. The van der Waals surface area contributed by atoms with Crippen LogP contribution in [0, 0.1) is 0 Å². The molecule has 26 heavy (non-hydrogen) atoms. The van der Waals surface area contributed by atoms with Gasteiger partial charge < -0.3 is 9.64 Å². The molecule has 1 saturated carbocycles. The second-order valence-corrected chi connectivity index (χ2v) is 8.42. The highest BCUT2D eigenvalue weighted by atomic mass is 16.5. The van der Waals surface area contributed by atoms with Crippen molar-refractivity contribution in [3.05, 3.63) is 35.9 Å². The summed E-state index contributed by atoms with van der Waals surface area (Å²) in [4.78, 5) is 17.7. The van der Waals surface area contributed by atoms with Crippen LogP contribution in [0.3, 0.4) is 0 Å². The van der Waals surface area contributed by atoms with E-state index in [4.69, 9.17) is 4.74 Å². The lowest BCUT2D eigenvalue weighted by molar-refractivity contribution is -0.136. The van der Waals surface area contributed by atoms with E-state index < -0.39 is 0 Å². The van der Waals surface area contributed by atoms with E-state index in [1.54, 1.807) is 0 Å². The van der Waals surface area contributed by atoms with Crippen LogP contribution in [0.15, 0.2) is 30.3 Å². The Morgan fingerprint density at radius 1 is 1.19 bits per heavy atom. The lowest BCUT2D eigenvalue weighted by Crippen LogP contribution is -2.58. The molecule has 4 nitrogen and oxygen atoms in total. The number of likely N-dealkylation sites (tertiary alicyclic amines) is 1. The van der Waals surface area contributed by atoms with E-state index >= 15 is 0 Å². The van der Waals surface area contributed by atoms with Crippen molar-refractivity contribution in [1.82, 2.24) is 9.80 Å². The molecule has 1 amide bonds. The summed E-state index contributed by atoms with van der Waals surface area (Å²) in [6, 6.07) is 10.9. The first-order valence-corrected chi connectivity index (χ1v) is 10.3. The molecule has 3 atom stereocenters. The van der Waals surface area contributed by atoms with Gasteiger partial charge in [0.1, 0.15) is 0 Å². The summed E-state index contributed by atoms with van der Waals surface area (Å²) in [7, 11) is 2.02. The predicted molar refractivity (Wildman–Crippen MR) is 103 cm³/mol. The Morgan fingerprint density at radius 2 is 1.96 bits per heavy atom. The Kier molecular flexibility index (Phi) is 5.32. The number of hydrogen-bond acceptors (Lipinski definition) is 3. The molecule has 1 aromatic rings. The Balaban J connectivity index is 1.48. The molecule has 4 heteroatoms. The number of carbonyl (C=O) groups is 1. The molecule has 3 fully saturated rings. The quantitative estimate of drug-likeness (QED) is 0.830. The predicted octanol–water partition coefficient (Wildman–Crippen LogP) is 3.25. The average molecular weight is 357 g/mol. The number of carbonyl (C=O) groups excluding carboxylic acids is 1. The van der Waals surface area contributed by atoms with Crippen LogP contribution in [0.5, 0.6) is 0 Å². The van der Waals surface area contributed by atoms with Gasteiger partial charge in [-0.1, -0.05) is 30.3 Å². The molecule has 4 rings (SSSR count). The van der Waals surface area contributed by atoms with E-state index in [0.717, 1.165) is 31.4 Å². The summed E-state index contributed by atoms with van der Waals surface area (Å²) in [5.41, 5.74) is 1.20. The SMILES string of the molecule is CN(C(=O)Cc1ccccc1)C1CC[C@]2(CCCO2)CC1N1CCCC1. The number of benzene rings is 1. The van der Waals surface area contributed by atoms with Gasteiger partial charge >= 0.3 is 0 Å². The maximum Gasteiger partial charge on any atom is 0.227 e. The monoisotopic (exact) mass is 356 g/mol. The summed E-state index contributed by atoms with van der Waals surface area (Å²) in [6.07, 6.45) is 8.75. The standard InChI is InChI=1S/C22H32N2O2/c1-23(21(25)16-18-8-3-2-4-9-18)19-10-12-22(11-7-15-26-22)17-20(19)24-13-5-6-14-24/h2-4,8-9,19-20H,5-7,10-17H2,1H3/t19?,20?,22-/m1/s1. The third-order valence-corrected chi connectivity index (χ3v) is 6.80. The Bertz CT molecular complexity index is 606. The highest BCUT2D eigenvalue weighted by Gasteiger charge is 2.47. The van der Waals surface area contributed by atoms with Crippen LogP contribution in [0.25, 0.3) is 0 Å². The summed E-state index contributed by atoms with van der Waals surface area (Å²) in [6.45, 7) is 3.27. The highest BCUT2D eigenvalue weighted by molar-refractivity contribution is 5.79. The third-order valence-electron chi connectivity index (χ3n) is 6.80. The first kappa shape index (κ1) is 18.0. The molecular weight excluding hydrogens is 324 g/mol. The van der Waals surface area contributed by atoms with Crippen molar-refractivity contribution >= 4 is 5.91 Å². The van der Waals surface area contributed by atoms with E-state index in [1.807, 2.05) is 37.4 Å². The molecule has 142 valence electrons. The minimum absolute atomic E-state index is 0.0904. The fraction of sp³-hybridized carbons (Fsp3) is 0.682. The molecule has 2 aliphatic heterocycles. The minimum Gasteiger partial charge on any atom is -0.375 e. The average Bonchev–Trinajstić information content (AvgIpc) is 3.34. The lowest BCUT2D eigenvalue weighted by atomic mass is 9.76. The molecule has 0 radical (unpaired) electrons. The number of amides is 1. The molecule has 2 unspecified atom stereocenters. The van der Waals surface area contributed by atoms with E-state index in [2.05, 4.69) is 9.80 Å². The van der Waals surface area contributed by atoms with Gasteiger partial charge in [-0.25, -0.2) is 0 Å². The van der Waals surface area contributed by atoms with Crippen molar-refractivity contribution in [1.29, 1.82) is 0 Å². The van der Waals surface area contributed by atoms with Crippen LogP contribution >= 0.6 is 0 Å². The van der Waals surface area contributed by atoms with Gasteiger partial charge in [-0.15, -0.1) is 0 Å². The van der Waals surface area contributed by atoms with Gasteiger partial charge in [-0.3, -0.25) is 9.69 Å². The molecule has 3 aliphatic rings. The van der Waals surface area contributed by atoms with Crippen molar-refractivity contribution in [2.24, 2.45) is 0 Å². The van der Waals surface area contributed by atoms with Crippen LogP contribution < -0.4 is 0 Å². The van der Waals surface area contributed by atoms with Crippen molar-refractivity contribution in [2.75, 3.05) is 26.7 Å². The Morgan fingerprint density at radius 3 is 2.65 bits per heavy atom. The molecule has 0 N–H and O–H groups in total. The van der Waals surface area contributed by atoms with Gasteiger partial charge in [-0.2, -0.15) is 0 Å². The van der Waals surface area contributed by atoms with Crippen LogP contribution in [0.2, 0.25) is 0 Å². The summed E-state index contributed by atoms with van der Waals surface area (Å²) >= 11 is 0. The van der Waals surface area contributed by atoms with Crippen molar-refractivity contribution in [3.63, 3.8) is 0 Å². The molecule has 0 bridgehead atoms. The van der Waals surface area contributed by atoms with Gasteiger partial charge in [0.15, 0.2) is 0 Å². The third kappa shape index (κ3) is 3.67. The molecule has 2 heterocycles. The molecule has 1 aromatic carbocycles. The van der Waals surface area contributed by atoms with Crippen molar-refractivity contribution in [2.45, 2.75) is 69.1 Å². The second kappa shape index (κ2) is 7.69. The zero-order valence-corrected chi connectivity index (χ0v) is 16.0. The van der Waals surface area contributed by atoms with Crippen molar-refractivity contribution < 1.29 is 9.53 Å². The summed E-state index contributed by atoms with van der Waals surface area (Å²) in [5.74, 6) is 0.244. The van der Waals surface area contributed by atoms with E-state index in [-0.39, 0.29) is 11.5 Å². The van der Waals surface area contributed by atoms with Crippen LogP contribution in [0.4, 0.5) is 0 Å². The van der Waals surface area contributed by atoms with Crippen LogP contribution in [-0.4, -0.2) is 60.1 Å². The first-order chi connectivity index (χ1) is 12.7. The lowest BCUT2D eigenvalue weighted by Gasteiger charge is -2.48. The fourth-order valence-corrected chi connectivity index (χ4v) is 5.31. The summed E-state index contributed by atoms with van der Waals surface area (Å²) < 4.78 is 6.23. The maximum atomic E-state index is 13.0.